The fraction of sp³-hybridized carbons (Fsp3) is 0.222. The van der Waals surface area contributed by atoms with E-state index in [0.29, 0.717) is 15.4 Å². The summed E-state index contributed by atoms with van der Waals surface area (Å²) in [5.74, 6) is 0. The van der Waals surface area contributed by atoms with Crippen molar-refractivity contribution in [3.63, 3.8) is 0 Å². The van der Waals surface area contributed by atoms with E-state index in [2.05, 4.69) is 21.0 Å². The Morgan fingerprint density at radius 2 is 2.06 bits per heavy atom. The van der Waals surface area contributed by atoms with Gasteiger partial charge in [-0.2, -0.15) is 18.3 Å². The summed E-state index contributed by atoms with van der Waals surface area (Å²) in [6, 6.07) is 4.88. The van der Waals surface area contributed by atoms with Crippen LogP contribution in [0.15, 0.2) is 22.7 Å². The van der Waals surface area contributed by atoms with Crippen LogP contribution in [0.25, 0.3) is 10.9 Å². The number of hydrogen-bond donors (Lipinski definition) is 0. The van der Waals surface area contributed by atoms with Crippen LogP contribution in [0.3, 0.4) is 0 Å². The summed E-state index contributed by atoms with van der Waals surface area (Å²) in [5.41, 5.74) is 0.358. The van der Waals surface area contributed by atoms with Gasteiger partial charge in [-0.1, -0.05) is 27.5 Å². The Hall–Kier alpha value is -0.750. The van der Waals surface area contributed by atoms with E-state index in [1.807, 2.05) is 0 Å². The van der Waals surface area contributed by atoms with Gasteiger partial charge in [-0.25, -0.2) is 0 Å². The molecule has 1 aromatic heterocycles. The number of aromatic nitrogens is 2. The van der Waals surface area contributed by atoms with Crippen LogP contribution in [0.1, 0.15) is 0 Å². The monoisotopic (exact) mass is 312 g/mol. The van der Waals surface area contributed by atoms with Crippen LogP contribution >= 0.6 is 27.5 Å². The lowest BCUT2D eigenvalue weighted by atomic mass is 10.2. The molecule has 0 spiro atoms. The molecule has 1 aromatic carbocycles. The van der Waals surface area contributed by atoms with Gasteiger partial charge in [0.15, 0.2) is 5.15 Å². The van der Waals surface area contributed by atoms with Crippen molar-refractivity contribution in [2.45, 2.75) is 12.7 Å². The van der Waals surface area contributed by atoms with Crippen molar-refractivity contribution in [3.05, 3.63) is 27.8 Å². The van der Waals surface area contributed by atoms with E-state index in [9.17, 15) is 13.2 Å². The molecule has 1 heterocycles. The van der Waals surface area contributed by atoms with Crippen molar-refractivity contribution in [1.82, 2.24) is 9.78 Å². The summed E-state index contributed by atoms with van der Waals surface area (Å²) in [6.07, 6.45) is -4.31. The van der Waals surface area contributed by atoms with E-state index in [1.165, 1.54) is 0 Å². The molecule has 0 fully saturated rings. The molecule has 2 nitrogen and oxygen atoms in total. The van der Waals surface area contributed by atoms with Crippen LogP contribution in [0.2, 0.25) is 5.15 Å². The van der Waals surface area contributed by atoms with Gasteiger partial charge in [-0.15, -0.1) is 0 Å². The predicted octanol–water partition coefficient (Wildman–Crippen LogP) is 4.01. The molecule has 0 radical (unpaired) electrons. The Kier molecular flexibility index (Phi) is 2.88. The fourth-order valence-electron chi connectivity index (χ4n) is 1.40. The molecule has 0 unspecified atom stereocenters. The third kappa shape index (κ3) is 2.32. The van der Waals surface area contributed by atoms with Gasteiger partial charge in [0, 0.05) is 9.86 Å². The molecule has 0 aliphatic rings. The zero-order valence-electron chi connectivity index (χ0n) is 7.72. The zero-order valence-corrected chi connectivity index (χ0v) is 10.1. The van der Waals surface area contributed by atoms with Crippen LogP contribution in [-0.4, -0.2) is 16.0 Å². The lowest BCUT2D eigenvalue weighted by Crippen LogP contribution is -2.18. The highest BCUT2D eigenvalue weighted by molar-refractivity contribution is 9.10. The van der Waals surface area contributed by atoms with E-state index in [4.69, 9.17) is 11.6 Å². The van der Waals surface area contributed by atoms with Crippen molar-refractivity contribution < 1.29 is 13.2 Å². The molecule has 0 aliphatic heterocycles. The molecule has 0 N–H and O–H groups in total. The SMILES string of the molecule is FC(F)(F)Cn1nc(Cl)c2ccc(Br)cc21. The number of rotatable bonds is 1. The number of alkyl halides is 3. The maximum absolute atomic E-state index is 12.3. The van der Waals surface area contributed by atoms with E-state index in [0.717, 1.165) is 4.68 Å². The summed E-state index contributed by atoms with van der Waals surface area (Å²) >= 11 is 8.93. The van der Waals surface area contributed by atoms with E-state index < -0.39 is 12.7 Å². The maximum atomic E-state index is 12.3. The van der Waals surface area contributed by atoms with Crippen LogP contribution in [0.5, 0.6) is 0 Å². The molecule has 16 heavy (non-hydrogen) atoms. The van der Waals surface area contributed by atoms with Crippen LogP contribution < -0.4 is 0 Å². The Morgan fingerprint density at radius 1 is 1.38 bits per heavy atom. The quantitative estimate of drug-likeness (QED) is 0.777. The fourth-order valence-corrected chi connectivity index (χ4v) is 2.00. The third-order valence-electron chi connectivity index (χ3n) is 2.00. The Labute approximate surface area is 102 Å². The minimum Gasteiger partial charge on any atom is -0.254 e. The summed E-state index contributed by atoms with van der Waals surface area (Å²) in [5, 5.41) is 4.24. The molecule has 0 amide bonds. The number of halogens is 5. The molecule has 7 heteroatoms. The van der Waals surface area contributed by atoms with Gasteiger partial charge in [0.1, 0.15) is 6.54 Å². The van der Waals surface area contributed by atoms with Crippen LogP contribution in [0.4, 0.5) is 13.2 Å². The van der Waals surface area contributed by atoms with E-state index in [1.54, 1.807) is 18.2 Å². The standard InChI is InChI=1S/C9H5BrClF3N2/c10-5-1-2-6-7(3-5)16(15-8(6)11)4-9(12,13)14/h1-3H,4H2. The number of fused-ring (bicyclic) bond motifs is 1. The normalized spacial score (nSPS) is 12.3. The summed E-state index contributed by atoms with van der Waals surface area (Å²) in [4.78, 5) is 0. The number of benzene rings is 1. The van der Waals surface area contributed by atoms with Crippen molar-refractivity contribution in [1.29, 1.82) is 0 Å². The molecular formula is C9H5BrClF3N2. The van der Waals surface area contributed by atoms with Gasteiger partial charge in [0.05, 0.1) is 5.52 Å². The number of nitrogens with zero attached hydrogens (tertiary/aromatic N) is 2. The highest BCUT2D eigenvalue weighted by Gasteiger charge is 2.29. The van der Waals surface area contributed by atoms with Gasteiger partial charge in [0.2, 0.25) is 0 Å². The third-order valence-corrected chi connectivity index (χ3v) is 2.77. The second kappa shape index (κ2) is 3.92. The largest absolute Gasteiger partial charge is 0.408 e. The predicted molar refractivity (Wildman–Crippen MR) is 58.5 cm³/mol. The lowest BCUT2D eigenvalue weighted by molar-refractivity contribution is -0.141. The van der Waals surface area contributed by atoms with Gasteiger partial charge < -0.3 is 0 Å². The van der Waals surface area contributed by atoms with Gasteiger partial charge in [-0.05, 0) is 18.2 Å². The molecule has 0 saturated heterocycles. The Morgan fingerprint density at radius 3 is 2.69 bits per heavy atom. The zero-order chi connectivity index (χ0) is 11.9. The van der Waals surface area contributed by atoms with Crippen molar-refractivity contribution in [2.24, 2.45) is 0 Å². The lowest BCUT2D eigenvalue weighted by Gasteiger charge is -2.07. The van der Waals surface area contributed by atoms with E-state index in [-0.39, 0.29) is 5.15 Å². The van der Waals surface area contributed by atoms with Crippen molar-refractivity contribution >= 4 is 38.4 Å². The molecule has 0 aliphatic carbocycles. The number of hydrogen-bond acceptors (Lipinski definition) is 1. The summed E-state index contributed by atoms with van der Waals surface area (Å²) in [6.45, 7) is -1.15. The molecule has 2 aromatic rings. The second-order valence-corrected chi connectivity index (χ2v) is 4.50. The van der Waals surface area contributed by atoms with Crippen LogP contribution in [-0.2, 0) is 6.54 Å². The van der Waals surface area contributed by atoms with Gasteiger partial charge in [0.25, 0.3) is 0 Å². The van der Waals surface area contributed by atoms with Crippen molar-refractivity contribution in [2.75, 3.05) is 0 Å². The average molecular weight is 314 g/mol. The van der Waals surface area contributed by atoms with Gasteiger partial charge >= 0.3 is 6.18 Å². The second-order valence-electron chi connectivity index (χ2n) is 3.23. The van der Waals surface area contributed by atoms with Gasteiger partial charge in [-0.3, -0.25) is 4.68 Å². The smallest absolute Gasteiger partial charge is 0.254 e. The maximum Gasteiger partial charge on any atom is 0.408 e. The van der Waals surface area contributed by atoms with E-state index >= 15 is 0 Å². The average Bonchev–Trinajstić information content (AvgIpc) is 2.40. The summed E-state index contributed by atoms with van der Waals surface area (Å²) in [7, 11) is 0. The molecule has 0 atom stereocenters. The molecule has 2 rings (SSSR count). The van der Waals surface area contributed by atoms with Crippen LogP contribution in [0, 0.1) is 0 Å². The molecule has 86 valence electrons. The first kappa shape index (κ1) is 11.7. The topological polar surface area (TPSA) is 17.8 Å². The minimum absolute atomic E-state index is 0.0757. The highest BCUT2D eigenvalue weighted by Crippen LogP contribution is 2.28. The first-order chi connectivity index (χ1) is 7.37. The van der Waals surface area contributed by atoms with Crippen molar-refractivity contribution in [3.8, 4) is 0 Å². The minimum atomic E-state index is -4.31. The molecule has 0 saturated carbocycles. The summed E-state index contributed by atoms with van der Waals surface area (Å²) < 4.78 is 38.3. The first-order valence-corrected chi connectivity index (χ1v) is 5.42. The molecular weight excluding hydrogens is 308 g/mol. The Bertz CT molecular complexity index is 535. The first-order valence-electron chi connectivity index (χ1n) is 4.25. The Balaban J connectivity index is 2.57. The highest BCUT2D eigenvalue weighted by atomic mass is 79.9. The molecule has 0 bridgehead atoms.